The molecular weight excluding hydrogens is 406 g/mol. The average Bonchev–Trinajstić information content (AvgIpc) is 3.48. The van der Waals surface area contributed by atoms with Crippen LogP contribution in [0, 0.1) is 0 Å². The van der Waals surface area contributed by atoms with Gasteiger partial charge < -0.3 is 14.8 Å². The molecule has 3 fully saturated rings. The van der Waals surface area contributed by atoms with Crippen LogP contribution < -0.4 is 5.56 Å². The number of hydrogen-bond acceptors (Lipinski definition) is 5. The first-order chi connectivity index (χ1) is 15.5. The predicted octanol–water partition coefficient (Wildman–Crippen LogP) is 1.79. The van der Waals surface area contributed by atoms with Crippen molar-refractivity contribution in [3.05, 3.63) is 27.4 Å². The Balaban J connectivity index is 1.28. The lowest BCUT2D eigenvalue weighted by Gasteiger charge is -2.37. The van der Waals surface area contributed by atoms with Crippen LogP contribution in [0.3, 0.4) is 0 Å². The third-order valence-electron chi connectivity index (χ3n) is 8.03. The third-order valence-corrected chi connectivity index (χ3v) is 8.03. The molecule has 0 aromatic carbocycles. The summed E-state index contributed by atoms with van der Waals surface area (Å²) in [4.78, 5) is 51.9. The number of hydrogen-bond donors (Lipinski definition) is 1. The molecule has 0 spiro atoms. The Morgan fingerprint density at radius 3 is 2.59 bits per heavy atom. The van der Waals surface area contributed by atoms with E-state index < -0.39 is 6.04 Å². The van der Waals surface area contributed by atoms with Crippen LogP contribution in [0.15, 0.2) is 4.79 Å². The molecule has 2 amide bonds. The van der Waals surface area contributed by atoms with Crippen LogP contribution >= 0.6 is 0 Å². The molecule has 2 saturated heterocycles. The monoisotopic (exact) mass is 441 g/mol. The molecule has 3 aliphatic heterocycles. The molecule has 0 bridgehead atoms. The molecule has 4 heterocycles. The molecule has 0 unspecified atom stereocenters. The fourth-order valence-corrected chi connectivity index (χ4v) is 6.09. The molecule has 0 radical (unpaired) electrons. The molecular formula is C24H35N5O3. The Hall–Kier alpha value is -2.22. The highest BCUT2D eigenvalue weighted by molar-refractivity contribution is 5.88. The number of carbonyl (C=O) groups excluding carboxylic acids is 2. The van der Waals surface area contributed by atoms with E-state index in [0.717, 1.165) is 49.4 Å². The quantitative estimate of drug-likeness (QED) is 0.769. The second kappa shape index (κ2) is 8.96. The Morgan fingerprint density at radius 1 is 1.03 bits per heavy atom. The van der Waals surface area contributed by atoms with Crippen molar-refractivity contribution in [2.24, 2.45) is 0 Å². The second-order valence-electron chi connectivity index (χ2n) is 10.0. The van der Waals surface area contributed by atoms with E-state index >= 15 is 0 Å². The summed E-state index contributed by atoms with van der Waals surface area (Å²) in [7, 11) is 0. The number of nitrogens with one attached hydrogen (secondary N) is 1. The summed E-state index contributed by atoms with van der Waals surface area (Å²) in [6.07, 6.45) is 9.38. The van der Waals surface area contributed by atoms with Gasteiger partial charge in [0.05, 0.1) is 5.69 Å². The first kappa shape index (κ1) is 21.6. The number of amides is 2. The zero-order valence-electron chi connectivity index (χ0n) is 19.1. The van der Waals surface area contributed by atoms with E-state index in [1.54, 1.807) is 4.90 Å². The topological polar surface area (TPSA) is 89.6 Å². The standard InChI is InChI=1S/C24H35N5O3/c1-16(29-11-5-8-21(29)30)24(32)28-12-9-17(14-28)22-25-20-15-27(18-6-3-2-4-7-18)13-10-19(20)23(31)26-22/h16-18H,2-15H2,1H3,(H,25,26,31)/t16-,17-/m1/s1. The molecule has 2 atom stereocenters. The summed E-state index contributed by atoms with van der Waals surface area (Å²) in [5.74, 6) is 0.847. The second-order valence-corrected chi connectivity index (χ2v) is 10.0. The zero-order valence-corrected chi connectivity index (χ0v) is 19.1. The molecule has 1 aromatic heterocycles. The smallest absolute Gasteiger partial charge is 0.254 e. The summed E-state index contributed by atoms with van der Waals surface area (Å²) >= 11 is 0. The first-order valence-corrected chi connectivity index (χ1v) is 12.5. The Kier molecular flexibility index (Phi) is 6.05. The number of rotatable bonds is 4. The van der Waals surface area contributed by atoms with Gasteiger partial charge in [-0.1, -0.05) is 19.3 Å². The minimum absolute atomic E-state index is 0.00546. The number of likely N-dealkylation sites (tertiary alicyclic amines) is 2. The van der Waals surface area contributed by atoms with Gasteiger partial charge in [-0.25, -0.2) is 4.98 Å². The molecule has 8 nitrogen and oxygen atoms in total. The van der Waals surface area contributed by atoms with Crippen LogP contribution in [0.1, 0.15) is 81.3 Å². The van der Waals surface area contributed by atoms with Gasteiger partial charge in [-0.15, -0.1) is 0 Å². The molecule has 4 aliphatic rings. The molecule has 1 saturated carbocycles. The van der Waals surface area contributed by atoms with Crippen molar-refractivity contribution in [1.82, 2.24) is 24.7 Å². The van der Waals surface area contributed by atoms with E-state index in [1.165, 1.54) is 32.1 Å². The Labute approximate surface area is 189 Å². The van der Waals surface area contributed by atoms with E-state index in [2.05, 4.69) is 9.88 Å². The number of aromatic amines is 1. The van der Waals surface area contributed by atoms with Gasteiger partial charge in [-0.3, -0.25) is 19.3 Å². The fraction of sp³-hybridized carbons (Fsp3) is 0.750. The van der Waals surface area contributed by atoms with E-state index in [4.69, 9.17) is 4.98 Å². The van der Waals surface area contributed by atoms with Crippen LogP contribution in [-0.2, 0) is 22.6 Å². The summed E-state index contributed by atoms with van der Waals surface area (Å²) in [6, 6.07) is 0.208. The molecule has 1 N–H and O–H groups in total. The van der Waals surface area contributed by atoms with Crippen molar-refractivity contribution in [2.45, 2.75) is 89.3 Å². The highest BCUT2D eigenvalue weighted by atomic mass is 16.2. The van der Waals surface area contributed by atoms with Gasteiger partial charge in [0, 0.05) is 56.7 Å². The summed E-state index contributed by atoms with van der Waals surface area (Å²) in [5, 5.41) is 0. The van der Waals surface area contributed by atoms with Crippen LogP contribution in [0.25, 0.3) is 0 Å². The fourth-order valence-electron chi connectivity index (χ4n) is 6.09. The van der Waals surface area contributed by atoms with Crippen LogP contribution in [0.5, 0.6) is 0 Å². The van der Waals surface area contributed by atoms with Crippen molar-refractivity contribution < 1.29 is 9.59 Å². The third kappa shape index (κ3) is 4.09. The maximum absolute atomic E-state index is 13.0. The number of H-pyrrole nitrogens is 1. The number of carbonyl (C=O) groups is 2. The van der Waals surface area contributed by atoms with Crippen molar-refractivity contribution in [3.63, 3.8) is 0 Å². The van der Waals surface area contributed by atoms with Crippen molar-refractivity contribution in [1.29, 1.82) is 0 Å². The van der Waals surface area contributed by atoms with Crippen molar-refractivity contribution >= 4 is 11.8 Å². The van der Waals surface area contributed by atoms with E-state index in [0.29, 0.717) is 32.1 Å². The number of nitrogens with zero attached hydrogens (tertiary/aromatic N) is 4. The van der Waals surface area contributed by atoms with Crippen LogP contribution in [0.4, 0.5) is 0 Å². The molecule has 1 aromatic rings. The molecule has 32 heavy (non-hydrogen) atoms. The van der Waals surface area contributed by atoms with Gasteiger partial charge in [0.1, 0.15) is 11.9 Å². The maximum Gasteiger partial charge on any atom is 0.254 e. The molecule has 8 heteroatoms. The molecule has 1 aliphatic carbocycles. The number of fused-ring (bicyclic) bond motifs is 1. The van der Waals surface area contributed by atoms with Crippen LogP contribution in [-0.4, -0.2) is 74.7 Å². The lowest BCUT2D eigenvalue weighted by atomic mass is 9.92. The van der Waals surface area contributed by atoms with E-state index in [1.807, 2.05) is 11.8 Å². The van der Waals surface area contributed by atoms with Crippen molar-refractivity contribution in [3.8, 4) is 0 Å². The predicted molar refractivity (Wildman–Crippen MR) is 120 cm³/mol. The minimum atomic E-state index is -0.414. The largest absolute Gasteiger partial charge is 0.340 e. The average molecular weight is 442 g/mol. The zero-order chi connectivity index (χ0) is 22.2. The van der Waals surface area contributed by atoms with Gasteiger partial charge in [-0.05, 0) is 39.0 Å². The summed E-state index contributed by atoms with van der Waals surface area (Å²) in [5.41, 5.74) is 1.77. The molecule has 174 valence electrons. The lowest BCUT2D eigenvalue weighted by Crippen LogP contribution is -2.46. The summed E-state index contributed by atoms with van der Waals surface area (Å²) in [6.45, 7) is 5.41. The van der Waals surface area contributed by atoms with Crippen LogP contribution in [0.2, 0.25) is 0 Å². The van der Waals surface area contributed by atoms with Gasteiger partial charge >= 0.3 is 0 Å². The van der Waals surface area contributed by atoms with E-state index in [9.17, 15) is 14.4 Å². The Bertz CT molecular complexity index is 938. The highest BCUT2D eigenvalue weighted by Gasteiger charge is 2.36. The maximum atomic E-state index is 13.0. The Morgan fingerprint density at radius 2 is 1.84 bits per heavy atom. The summed E-state index contributed by atoms with van der Waals surface area (Å²) < 4.78 is 0. The van der Waals surface area contributed by atoms with Gasteiger partial charge in [0.25, 0.3) is 5.56 Å². The first-order valence-electron chi connectivity index (χ1n) is 12.5. The highest BCUT2D eigenvalue weighted by Crippen LogP contribution is 2.29. The lowest BCUT2D eigenvalue weighted by molar-refractivity contribution is -0.142. The minimum Gasteiger partial charge on any atom is -0.340 e. The van der Waals surface area contributed by atoms with Gasteiger partial charge in [-0.2, -0.15) is 0 Å². The van der Waals surface area contributed by atoms with Crippen molar-refractivity contribution in [2.75, 3.05) is 26.2 Å². The number of aromatic nitrogens is 2. The van der Waals surface area contributed by atoms with Gasteiger partial charge in [0.2, 0.25) is 11.8 Å². The SMILES string of the molecule is C[C@H](C(=O)N1CC[C@@H](c2nc3c(c(=O)[nH]2)CCN(C2CCCCC2)C3)C1)N1CCCC1=O. The molecule has 5 rings (SSSR count). The van der Waals surface area contributed by atoms with E-state index in [-0.39, 0.29) is 23.3 Å². The van der Waals surface area contributed by atoms with Gasteiger partial charge in [0.15, 0.2) is 0 Å². The normalized spacial score (nSPS) is 25.9.